The Morgan fingerprint density at radius 3 is 2.73 bits per heavy atom. The van der Waals surface area contributed by atoms with Gasteiger partial charge in [-0.15, -0.1) is 16.2 Å². The lowest BCUT2D eigenvalue weighted by atomic mass is 10.3. The van der Waals surface area contributed by atoms with Crippen LogP contribution < -0.4 is 0 Å². The van der Waals surface area contributed by atoms with Crippen molar-refractivity contribution in [2.45, 2.75) is 0 Å². The van der Waals surface area contributed by atoms with Crippen LogP contribution in [0.5, 0.6) is 0 Å². The van der Waals surface area contributed by atoms with Crippen LogP contribution in [0, 0.1) is 4.91 Å². The second-order valence-electron chi connectivity index (χ2n) is 2.67. The highest BCUT2D eigenvalue weighted by Crippen LogP contribution is 2.22. The lowest BCUT2D eigenvalue weighted by Gasteiger charge is -1.92. The zero-order valence-corrected chi connectivity index (χ0v) is 8.27. The van der Waals surface area contributed by atoms with Gasteiger partial charge in [0.2, 0.25) is 0 Å². The maximum absolute atomic E-state index is 10.9. The van der Waals surface area contributed by atoms with Crippen LogP contribution in [0.15, 0.2) is 35.1 Å². The molecule has 2 heterocycles. The molecule has 0 fully saturated rings. The van der Waals surface area contributed by atoms with E-state index in [1.165, 1.54) is 16.7 Å². The first kappa shape index (κ1) is 9.60. The van der Waals surface area contributed by atoms with Gasteiger partial charge in [0.15, 0.2) is 0 Å². The fourth-order valence-electron chi connectivity index (χ4n) is 1.05. The van der Waals surface area contributed by atoms with Crippen molar-refractivity contribution in [1.82, 2.24) is 9.97 Å². The highest BCUT2D eigenvalue weighted by Gasteiger charge is 2.11. The molecule has 5 nitrogen and oxygen atoms in total. The summed E-state index contributed by atoms with van der Waals surface area (Å²) in [7, 11) is 0. The first-order valence-electron chi connectivity index (χ1n) is 4.05. The molecule has 0 aliphatic rings. The molecule has 2 aromatic rings. The Bertz CT molecular complexity index is 495. The number of nitroso groups, excluding NO2 is 1. The molecule has 0 saturated carbocycles. The summed E-state index contributed by atoms with van der Waals surface area (Å²) in [5, 5.41) is 4.49. The third-order valence-electron chi connectivity index (χ3n) is 1.73. The number of aromatic nitrogens is 2. The Kier molecular flexibility index (Phi) is 2.59. The predicted octanol–water partition coefficient (Wildman–Crippen LogP) is 2.11. The molecule has 0 bridgehead atoms. The van der Waals surface area contributed by atoms with Crippen LogP contribution in [0.1, 0.15) is 10.5 Å². The van der Waals surface area contributed by atoms with Crippen LogP contribution in [0.2, 0.25) is 0 Å². The normalized spacial score (nSPS) is 9.87. The largest absolute Gasteiger partial charge is 0.335 e. The van der Waals surface area contributed by atoms with E-state index in [1.54, 1.807) is 24.5 Å². The summed E-state index contributed by atoms with van der Waals surface area (Å²) >= 11 is 1.29. The lowest BCUT2D eigenvalue weighted by molar-refractivity contribution is 0.0997. The highest BCUT2D eigenvalue weighted by atomic mass is 32.1. The third kappa shape index (κ3) is 1.94. The van der Waals surface area contributed by atoms with E-state index in [4.69, 9.17) is 0 Å². The third-order valence-corrected chi connectivity index (χ3v) is 2.62. The molecule has 0 unspecified atom stereocenters. The van der Waals surface area contributed by atoms with Crippen LogP contribution in [0.3, 0.4) is 0 Å². The van der Waals surface area contributed by atoms with Gasteiger partial charge >= 0.3 is 5.91 Å². The molecule has 0 N–H and O–H groups in total. The van der Waals surface area contributed by atoms with Crippen molar-refractivity contribution in [2.24, 2.45) is 5.18 Å². The zero-order chi connectivity index (χ0) is 10.7. The molecule has 2 rings (SSSR count). The Balaban J connectivity index is 2.36. The number of carbonyl (C=O) groups is 1. The van der Waals surface area contributed by atoms with Crippen molar-refractivity contribution in [3.05, 3.63) is 40.5 Å². The average Bonchev–Trinajstić information content (AvgIpc) is 2.78. The van der Waals surface area contributed by atoms with Crippen LogP contribution in [-0.2, 0) is 0 Å². The second-order valence-corrected chi connectivity index (χ2v) is 3.53. The quantitative estimate of drug-likeness (QED) is 0.725. The highest BCUT2D eigenvalue weighted by molar-refractivity contribution is 7.13. The SMILES string of the molecule is O=NC(=O)c1csc(-c2ccncc2)n1. The van der Waals surface area contributed by atoms with E-state index in [9.17, 15) is 9.70 Å². The smallest absolute Gasteiger partial charge is 0.265 e. The summed E-state index contributed by atoms with van der Waals surface area (Å²) in [6, 6.07) is 3.56. The monoisotopic (exact) mass is 219 g/mol. The summed E-state index contributed by atoms with van der Waals surface area (Å²) < 4.78 is 0. The van der Waals surface area contributed by atoms with E-state index in [1.807, 2.05) is 0 Å². The molecule has 0 saturated heterocycles. The Morgan fingerprint density at radius 2 is 2.07 bits per heavy atom. The van der Waals surface area contributed by atoms with Gasteiger partial charge in [0, 0.05) is 28.5 Å². The Labute approximate surface area is 88.8 Å². The van der Waals surface area contributed by atoms with E-state index < -0.39 is 5.91 Å². The fourth-order valence-corrected chi connectivity index (χ4v) is 1.85. The van der Waals surface area contributed by atoms with Crippen molar-refractivity contribution in [2.75, 3.05) is 0 Å². The summed E-state index contributed by atoms with van der Waals surface area (Å²) in [4.78, 5) is 28.8. The van der Waals surface area contributed by atoms with Crippen molar-refractivity contribution >= 4 is 17.2 Å². The van der Waals surface area contributed by atoms with Gasteiger partial charge < -0.3 is 0 Å². The predicted molar refractivity (Wildman–Crippen MR) is 55.5 cm³/mol. The van der Waals surface area contributed by atoms with Crippen molar-refractivity contribution in [1.29, 1.82) is 0 Å². The molecule has 15 heavy (non-hydrogen) atoms. The van der Waals surface area contributed by atoms with Crippen molar-refractivity contribution in [3.63, 3.8) is 0 Å². The van der Waals surface area contributed by atoms with E-state index >= 15 is 0 Å². The number of pyridine rings is 1. The van der Waals surface area contributed by atoms with E-state index in [2.05, 4.69) is 15.1 Å². The van der Waals surface area contributed by atoms with Gasteiger partial charge in [0.1, 0.15) is 10.7 Å². The minimum atomic E-state index is -0.841. The number of rotatable bonds is 2. The fraction of sp³-hybridized carbons (Fsp3) is 0. The Morgan fingerprint density at radius 1 is 1.33 bits per heavy atom. The molecule has 0 aliphatic carbocycles. The van der Waals surface area contributed by atoms with Crippen LogP contribution in [-0.4, -0.2) is 15.9 Å². The molecule has 0 aromatic carbocycles. The molecule has 74 valence electrons. The second kappa shape index (κ2) is 4.05. The van der Waals surface area contributed by atoms with Crippen LogP contribution >= 0.6 is 11.3 Å². The standard InChI is InChI=1S/C9H5N3O2S/c13-8(12-14)7-5-15-9(11-7)6-1-3-10-4-2-6/h1-5H. The van der Waals surface area contributed by atoms with Gasteiger partial charge in [-0.3, -0.25) is 9.78 Å². The summed E-state index contributed by atoms with van der Waals surface area (Å²) in [6.07, 6.45) is 3.27. The number of thiazole rings is 1. The van der Waals surface area contributed by atoms with Gasteiger partial charge in [0.05, 0.1) is 0 Å². The average molecular weight is 219 g/mol. The molecular formula is C9H5N3O2S. The summed E-state index contributed by atoms with van der Waals surface area (Å²) in [5.41, 5.74) is 0.946. The molecule has 1 amide bonds. The van der Waals surface area contributed by atoms with E-state index in [0.29, 0.717) is 5.01 Å². The molecule has 2 aromatic heterocycles. The molecule has 6 heteroatoms. The zero-order valence-electron chi connectivity index (χ0n) is 7.45. The minimum Gasteiger partial charge on any atom is -0.265 e. The van der Waals surface area contributed by atoms with Gasteiger partial charge in [-0.25, -0.2) is 4.98 Å². The number of amides is 1. The number of carbonyl (C=O) groups excluding carboxylic acids is 1. The number of nitrogens with zero attached hydrogens (tertiary/aromatic N) is 3. The van der Waals surface area contributed by atoms with Crippen molar-refractivity contribution in [3.8, 4) is 10.6 Å². The maximum Gasteiger partial charge on any atom is 0.335 e. The molecule has 0 atom stereocenters. The topological polar surface area (TPSA) is 72.3 Å². The maximum atomic E-state index is 10.9. The van der Waals surface area contributed by atoms with Gasteiger partial charge in [0.25, 0.3) is 0 Å². The lowest BCUT2D eigenvalue weighted by Crippen LogP contribution is -1.92. The molecule has 0 spiro atoms. The molecular weight excluding hydrogens is 214 g/mol. The van der Waals surface area contributed by atoms with Crippen LogP contribution in [0.4, 0.5) is 0 Å². The molecule has 0 aliphatic heterocycles. The first-order valence-corrected chi connectivity index (χ1v) is 4.93. The minimum absolute atomic E-state index is 0.0850. The summed E-state index contributed by atoms with van der Waals surface area (Å²) in [6.45, 7) is 0. The van der Waals surface area contributed by atoms with E-state index in [0.717, 1.165) is 5.56 Å². The van der Waals surface area contributed by atoms with Gasteiger partial charge in [-0.2, -0.15) is 0 Å². The number of hydrogen-bond acceptors (Lipinski definition) is 5. The van der Waals surface area contributed by atoms with Gasteiger partial charge in [-0.1, -0.05) is 0 Å². The molecule has 0 radical (unpaired) electrons. The Hall–Kier alpha value is -1.95. The van der Waals surface area contributed by atoms with Crippen LogP contribution in [0.25, 0.3) is 10.6 Å². The van der Waals surface area contributed by atoms with Gasteiger partial charge in [-0.05, 0) is 12.1 Å². The number of hydrogen-bond donors (Lipinski definition) is 0. The van der Waals surface area contributed by atoms with Crippen molar-refractivity contribution < 1.29 is 4.79 Å². The first-order chi connectivity index (χ1) is 7.31. The van der Waals surface area contributed by atoms with E-state index in [-0.39, 0.29) is 5.69 Å². The summed E-state index contributed by atoms with van der Waals surface area (Å²) in [5.74, 6) is -0.841.